The smallest absolute Gasteiger partial charge is 0.254 e. The molecular formula is C20H19FN6O3S. The van der Waals surface area contributed by atoms with Crippen LogP contribution in [0.15, 0.2) is 55.1 Å². The van der Waals surface area contributed by atoms with Crippen LogP contribution in [0.1, 0.15) is 35.4 Å². The molecule has 4 rings (SSSR count). The lowest BCUT2D eigenvalue weighted by Crippen LogP contribution is -2.29. The van der Waals surface area contributed by atoms with Crippen LogP contribution in [0.5, 0.6) is 0 Å². The second-order valence-electron chi connectivity index (χ2n) is 6.96. The van der Waals surface area contributed by atoms with Crippen molar-refractivity contribution in [1.82, 2.24) is 29.3 Å². The minimum Gasteiger partial charge on any atom is -0.344 e. The standard InChI is InChI=1S/C20H19FN6O3S/c1-3-17(18-8-9-26(25-18)31(2,29)30)24-20(28)16-10-22-12-19-15(16)11-23-27(19)14-6-4-13(21)5-7-14/h4-12,17H,3H2,1-2H3,(H,24,28)/t17-/m0/s1. The molecule has 4 aromatic rings. The van der Waals surface area contributed by atoms with Gasteiger partial charge >= 0.3 is 0 Å². The van der Waals surface area contributed by atoms with E-state index < -0.39 is 22.0 Å². The van der Waals surface area contributed by atoms with Crippen molar-refractivity contribution in [3.8, 4) is 5.69 Å². The number of halogens is 1. The monoisotopic (exact) mass is 442 g/mol. The van der Waals surface area contributed by atoms with Gasteiger partial charge in [-0.05, 0) is 36.8 Å². The number of carbonyl (C=O) groups excluding carboxylic acids is 1. The van der Waals surface area contributed by atoms with Crippen LogP contribution in [0, 0.1) is 5.82 Å². The Labute approximate surface area is 177 Å². The Morgan fingerprint density at radius 1 is 1.16 bits per heavy atom. The zero-order valence-electron chi connectivity index (χ0n) is 16.7. The quantitative estimate of drug-likeness (QED) is 0.491. The summed E-state index contributed by atoms with van der Waals surface area (Å²) < 4.78 is 39.0. The fourth-order valence-electron chi connectivity index (χ4n) is 3.22. The molecular weight excluding hydrogens is 423 g/mol. The molecule has 1 atom stereocenters. The average Bonchev–Trinajstić information content (AvgIpc) is 3.39. The first-order valence-corrected chi connectivity index (χ1v) is 11.3. The summed E-state index contributed by atoms with van der Waals surface area (Å²) in [6, 6.07) is 6.89. The van der Waals surface area contributed by atoms with Gasteiger partial charge in [0, 0.05) is 17.8 Å². The van der Waals surface area contributed by atoms with Crippen LogP contribution < -0.4 is 5.32 Å². The maximum absolute atomic E-state index is 13.2. The number of aromatic nitrogens is 5. The number of nitrogens with zero attached hydrogens (tertiary/aromatic N) is 5. The number of benzene rings is 1. The van der Waals surface area contributed by atoms with E-state index in [2.05, 4.69) is 20.5 Å². The summed E-state index contributed by atoms with van der Waals surface area (Å²) in [4.78, 5) is 17.2. The van der Waals surface area contributed by atoms with Crippen molar-refractivity contribution < 1.29 is 17.6 Å². The van der Waals surface area contributed by atoms with Gasteiger partial charge < -0.3 is 5.32 Å². The number of hydrogen-bond acceptors (Lipinski definition) is 6. The van der Waals surface area contributed by atoms with E-state index in [9.17, 15) is 17.6 Å². The highest BCUT2D eigenvalue weighted by atomic mass is 32.2. The van der Waals surface area contributed by atoms with Gasteiger partial charge in [-0.2, -0.15) is 14.3 Å². The summed E-state index contributed by atoms with van der Waals surface area (Å²) in [5, 5.41) is 11.8. The number of carbonyl (C=O) groups is 1. The van der Waals surface area contributed by atoms with Gasteiger partial charge in [-0.15, -0.1) is 0 Å². The molecule has 3 heterocycles. The van der Waals surface area contributed by atoms with E-state index in [-0.39, 0.29) is 5.82 Å². The van der Waals surface area contributed by atoms with Gasteiger partial charge in [-0.25, -0.2) is 17.5 Å². The van der Waals surface area contributed by atoms with Gasteiger partial charge in [0.15, 0.2) is 0 Å². The van der Waals surface area contributed by atoms with Crippen LogP contribution in [0.25, 0.3) is 16.6 Å². The first-order valence-electron chi connectivity index (χ1n) is 9.42. The maximum atomic E-state index is 13.2. The van der Waals surface area contributed by atoms with Crippen molar-refractivity contribution in [3.63, 3.8) is 0 Å². The van der Waals surface area contributed by atoms with E-state index in [0.29, 0.717) is 34.3 Å². The number of pyridine rings is 1. The van der Waals surface area contributed by atoms with Crippen LogP contribution in [-0.4, -0.2) is 44.5 Å². The summed E-state index contributed by atoms with van der Waals surface area (Å²) in [6.45, 7) is 1.86. The molecule has 0 radical (unpaired) electrons. The highest BCUT2D eigenvalue weighted by Gasteiger charge is 2.21. The van der Waals surface area contributed by atoms with Crippen LogP contribution in [0.2, 0.25) is 0 Å². The van der Waals surface area contributed by atoms with E-state index >= 15 is 0 Å². The van der Waals surface area contributed by atoms with Crippen LogP contribution in [0.4, 0.5) is 4.39 Å². The molecule has 0 bridgehead atoms. The SMILES string of the molecule is CC[C@H](NC(=O)c1cncc2c1cnn2-c1ccc(F)cc1)c1ccn(S(C)(=O)=O)n1. The maximum Gasteiger partial charge on any atom is 0.254 e. The third-order valence-corrected chi connectivity index (χ3v) is 5.69. The van der Waals surface area contributed by atoms with Gasteiger partial charge in [0.2, 0.25) is 0 Å². The molecule has 1 aromatic carbocycles. The fraction of sp³-hybridized carbons (Fsp3) is 0.200. The molecule has 1 amide bonds. The van der Waals surface area contributed by atoms with Gasteiger partial charge in [-0.3, -0.25) is 9.78 Å². The van der Waals surface area contributed by atoms with E-state index in [4.69, 9.17) is 0 Å². The molecule has 0 aliphatic heterocycles. The molecule has 31 heavy (non-hydrogen) atoms. The Balaban J connectivity index is 1.64. The fourth-order valence-corrected chi connectivity index (χ4v) is 3.75. The lowest BCUT2D eigenvalue weighted by atomic mass is 10.1. The van der Waals surface area contributed by atoms with E-state index in [1.807, 2.05) is 6.92 Å². The molecule has 9 nitrogen and oxygen atoms in total. The minimum atomic E-state index is -3.51. The second kappa shape index (κ2) is 7.91. The predicted octanol–water partition coefficient (Wildman–Crippen LogP) is 2.44. The van der Waals surface area contributed by atoms with Gasteiger partial charge in [0.25, 0.3) is 15.9 Å². The normalized spacial score (nSPS) is 12.7. The van der Waals surface area contributed by atoms with Crippen molar-refractivity contribution in [2.75, 3.05) is 6.26 Å². The zero-order chi connectivity index (χ0) is 22.2. The molecule has 0 unspecified atom stereocenters. The number of rotatable bonds is 6. The summed E-state index contributed by atoms with van der Waals surface area (Å²) in [5.74, 6) is -0.750. The number of amides is 1. The second-order valence-corrected chi connectivity index (χ2v) is 8.80. The molecule has 160 valence electrons. The molecule has 0 saturated heterocycles. The minimum absolute atomic E-state index is 0.312. The number of nitrogens with one attached hydrogen (secondary N) is 1. The summed E-state index contributed by atoms with van der Waals surface area (Å²) in [6.07, 6.45) is 7.46. The molecule has 0 aliphatic rings. The van der Waals surface area contributed by atoms with E-state index in [1.165, 1.54) is 24.5 Å². The van der Waals surface area contributed by atoms with Crippen molar-refractivity contribution in [3.05, 3.63) is 72.2 Å². The number of hydrogen-bond donors (Lipinski definition) is 1. The molecule has 1 N–H and O–H groups in total. The topological polar surface area (TPSA) is 112 Å². The third kappa shape index (κ3) is 4.04. The van der Waals surface area contributed by atoms with Crippen molar-refractivity contribution >= 4 is 26.8 Å². The first kappa shape index (κ1) is 20.7. The van der Waals surface area contributed by atoms with Crippen LogP contribution in [-0.2, 0) is 10.0 Å². The molecule has 0 saturated carbocycles. The van der Waals surface area contributed by atoms with E-state index in [0.717, 1.165) is 10.3 Å². The van der Waals surface area contributed by atoms with Gasteiger partial charge in [0.05, 0.1) is 47.2 Å². The number of fused-ring (bicyclic) bond motifs is 1. The van der Waals surface area contributed by atoms with Crippen molar-refractivity contribution in [2.45, 2.75) is 19.4 Å². The molecule has 0 spiro atoms. The Hall–Kier alpha value is -3.60. The molecule has 3 aromatic heterocycles. The average molecular weight is 442 g/mol. The van der Waals surface area contributed by atoms with Gasteiger partial charge in [-0.1, -0.05) is 6.92 Å². The lowest BCUT2D eigenvalue weighted by Gasteiger charge is -2.15. The molecule has 0 aliphatic carbocycles. The Bertz CT molecular complexity index is 1360. The Morgan fingerprint density at radius 2 is 1.90 bits per heavy atom. The highest BCUT2D eigenvalue weighted by Crippen LogP contribution is 2.22. The van der Waals surface area contributed by atoms with Gasteiger partial charge in [0.1, 0.15) is 5.82 Å². The molecule has 11 heteroatoms. The highest BCUT2D eigenvalue weighted by molar-refractivity contribution is 7.89. The van der Waals surface area contributed by atoms with Crippen molar-refractivity contribution in [2.24, 2.45) is 0 Å². The Morgan fingerprint density at radius 3 is 2.55 bits per heavy atom. The largest absolute Gasteiger partial charge is 0.344 e. The summed E-state index contributed by atoms with van der Waals surface area (Å²) >= 11 is 0. The zero-order valence-corrected chi connectivity index (χ0v) is 17.5. The summed E-state index contributed by atoms with van der Waals surface area (Å²) in [7, 11) is -3.51. The lowest BCUT2D eigenvalue weighted by molar-refractivity contribution is 0.0936. The predicted molar refractivity (Wildman–Crippen MR) is 112 cm³/mol. The van der Waals surface area contributed by atoms with Crippen LogP contribution in [0.3, 0.4) is 0 Å². The van der Waals surface area contributed by atoms with Crippen molar-refractivity contribution in [1.29, 1.82) is 0 Å². The van der Waals surface area contributed by atoms with Crippen LogP contribution >= 0.6 is 0 Å². The molecule has 0 fully saturated rings. The Kier molecular flexibility index (Phi) is 5.27. The third-order valence-electron chi connectivity index (χ3n) is 4.81. The first-order chi connectivity index (χ1) is 14.8. The summed E-state index contributed by atoms with van der Waals surface area (Å²) in [5.41, 5.74) is 1.97. The van der Waals surface area contributed by atoms with E-state index in [1.54, 1.807) is 35.3 Å².